The van der Waals surface area contributed by atoms with Crippen molar-refractivity contribution in [3.8, 4) is 0 Å². The van der Waals surface area contributed by atoms with Crippen LogP contribution in [0.4, 0.5) is 0 Å². The quantitative estimate of drug-likeness (QED) is 0.794. The number of nitrogens with zero attached hydrogens (tertiary/aromatic N) is 2. The third-order valence-corrected chi connectivity index (χ3v) is 4.21. The first-order valence-corrected chi connectivity index (χ1v) is 8.19. The fourth-order valence-electron chi connectivity index (χ4n) is 2.62. The van der Waals surface area contributed by atoms with Crippen LogP contribution in [0.3, 0.4) is 0 Å². The highest BCUT2D eigenvalue weighted by Gasteiger charge is 2.45. The van der Waals surface area contributed by atoms with Gasteiger partial charge in [-0.05, 0) is 19.1 Å². The van der Waals surface area contributed by atoms with Gasteiger partial charge in [-0.2, -0.15) is 0 Å². The van der Waals surface area contributed by atoms with E-state index < -0.39 is 5.79 Å². The zero-order valence-electron chi connectivity index (χ0n) is 12.7. The standard InChI is InChI=1S/C16H18Cl2N2O3/c1-2-21-8-13-9-22-16(23-13,10-20-6-5-19-11-20)14-4-3-12(17)7-15(14)18/h3-7,11,13H,2,8-10H2,1H3/t13-,16-/m1/s1. The SMILES string of the molecule is CCOC[C@@H]1CO[C@@](Cn2ccnc2)(c2ccc(Cl)cc2Cl)O1. The molecule has 1 aliphatic heterocycles. The van der Waals surface area contributed by atoms with Crippen molar-refractivity contribution in [1.82, 2.24) is 9.55 Å². The first-order chi connectivity index (χ1) is 11.1. The van der Waals surface area contributed by atoms with E-state index in [4.69, 9.17) is 37.4 Å². The Kier molecular flexibility index (Phi) is 5.24. The van der Waals surface area contributed by atoms with Gasteiger partial charge in [0.05, 0.1) is 31.1 Å². The molecule has 0 unspecified atom stereocenters. The second-order valence-electron chi connectivity index (χ2n) is 5.32. The molecule has 0 amide bonds. The van der Waals surface area contributed by atoms with Crippen molar-refractivity contribution in [3.63, 3.8) is 0 Å². The Balaban J connectivity index is 1.91. The summed E-state index contributed by atoms with van der Waals surface area (Å²) < 4.78 is 19.6. The largest absolute Gasteiger partial charge is 0.379 e. The van der Waals surface area contributed by atoms with Crippen LogP contribution in [0, 0.1) is 0 Å². The molecule has 5 nitrogen and oxygen atoms in total. The first-order valence-electron chi connectivity index (χ1n) is 7.44. The van der Waals surface area contributed by atoms with E-state index in [0.717, 1.165) is 5.56 Å². The van der Waals surface area contributed by atoms with Gasteiger partial charge < -0.3 is 18.8 Å². The maximum atomic E-state index is 6.39. The highest BCUT2D eigenvalue weighted by Crippen LogP contribution is 2.40. The fraction of sp³-hybridized carbons (Fsp3) is 0.438. The van der Waals surface area contributed by atoms with E-state index in [-0.39, 0.29) is 6.10 Å². The van der Waals surface area contributed by atoms with E-state index in [0.29, 0.717) is 36.4 Å². The highest BCUT2D eigenvalue weighted by molar-refractivity contribution is 6.35. The normalized spacial score (nSPS) is 24.2. The van der Waals surface area contributed by atoms with Crippen LogP contribution in [0.15, 0.2) is 36.9 Å². The molecule has 124 valence electrons. The molecular weight excluding hydrogens is 339 g/mol. The van der Waals surface area contributed by atoms with Crippen molar-refractivity contribution in [2.24, 2.45) is 0 Å². The van der Waals surface area contributed by atoms with E-state index in [1.54, 1.807) is 24.7 Å². The number of ether oxygens (including phenoxy) is 3. The lowest BCUT2D eigenvalue weighted by molar-refractivity contribution is -0.191. The summed E-state index contributed by atoms with van der Waals surface area (Å²) in [4.78, 5) is 4.07. The Labute approximate surface area is 145 Å². The molecule has 0 saturated carbocycles. The van der Waals surface area contributed by atoms with Gasteiger partial charge >= 0.3 is 0 Å². The van der Waals surface area contributed by atoms with Crippen LogP contribution in [-0.4, -0.2) is 35.5 Å². The van der Waals surface area contributed by atoms with Crippen molar-refractivity contribution >= 4 is 23.2 Å². The summed E-state index contributed by atoms with van der Waals surface area (Å²) in [5.74, 6) is -0.982. The van der Waals surface area contributed by atoms with Crippen molar-refractivity contribution in [1.29, 1.82) is 0 Å². The molecule has 1 aliphatic rings. The molecule has 1 saturated heterocycles. The maximum Gasteiger partial charge on any atom is 0.215 e. The molecule has 3 rings (SSSR count). The number of rotatable bonds is 6. The van der Waals surface area contributed by atoms with Crippen LogP contribution in [0.1, 0.15) is 12.5 Å². The van der Waals surface area contributed by atoms with Crippen molar-refractivity contribution in [3.05, 3.63) is 52.5 Å². The molecule has 0 bridgehead atoms. The molecule has 0 N–H and O–H groups in total. The minimum absolute atomic E-state index is 0.148. The zero-order chi connectivity index (χ0) is 16.3. The minimum Gasteiger partial charge on any atom is -0.379 e. The fourth-order valence-corrected chi connectivity index (χ4v) is 3.18. The van der Waals surface area contributed by atoms with E-state index in [9.17, 15) is 0 Å². The lowest BCUT2D eigenvalue weighted by Gasteiger charge is -2.30. The van der Waals surface area contributed by atoms with Crippen molar-refractivity contribution < 1.29 is 14.2 Å². The smallest absolute Gasteiger partial charge is 0.215 e. The number of hydrogen-bond acceptors (Lipinski definition) is 4. The Morgan fingerprint density at radius 1 is 1.43 bits per heavy atom. The predicted molar refractivity (Wildman–Crippen MR) is 87.7 cm³/mol. The van der Waals surface area contributed by atoms with Gasteiger partial charge in [0.2, 0.25) is 5.79 Å². The predicted octanol–water partition coefficient (Wildman–Crippen LogP) is 3.49. The molecule has 2 aromatic rings. The molecule has 1 aromatic heterocycles. The molecule has 2 atom stereocenters. The van der Waals surface area contributed by atoms with E-state index in [1.165, 1.54) is 0 Å². The summed E-state index contributed by atoms with van der Waals surface area (Å²) in [5, 5.41) is 1.08. The molecule has 0 spiro atoms. The van der Waals surface area contributed by atoms with Gasteiger partial charge in [-0.3, -0.25) is 0 Å². The van der Waals surface area contributed by atoms with Gasteiger partial charge in [-0.25, -0.2) is 4.98 Å². The van der Waals surface area contributed by atoms with Gasteiger partial charge in [-0.1, -0.05) is 29.3 Å². The first kappa shape index (κ1) is 16.7. The summed E-state index contributed by atoms with van der Waals surface area (Å²) >= 11 is 12.4. The van der Waals surface area contributed by atoms with Gasteiger partial charge in [0, 0.05) is 29.6 Å². The molecule has 0 radical (unpaired) electrons. The Bertz CT molecular complexity index is 651. The lowest BCUT2D eigenvalue weighted by Crippen LogP contribution is -2.34. The number of aromatic nitrogens is 2. The van der Waals surface area contributed by atoms with Crippen LogP contribution < -0.4 is 0 Å². The molecule has 7 heteroatoms. The monoisotopic (exact) mass is 356 g/mol. The Morgan fingerprint density at radius 2 is 2.30 bits per heavy atom. The third kappa shape index (κ3) is 3.70. The summed E-state index contributed by atoms with van der Waals surface area (Å²) in [6.45, 7) is 3.94. The molecule has 0 aliphatic carbocycles. The summed E-state index contributed by atoms with van der Waals surface area (Å²) in [7, 11) is 0. The molecule has 2 heterocycles. The van der Waals surface area contributed by atoms with Crippen LogP contribution in [0.2, 0.25) is 10.0 Å². The third-order valence-electron chi connectivity index (χ3n) is 3.66. The highest BCUT2D eigenvalue weighted by atomic mass is 35.5. The van der Waals surface area contributed by atoms with Crippen LogP contribution in [0.5, 0.6) is 0 Å². The Morgan fingerprint density at radius 3 is 3.00 bits per heavy atom. The van der Waals surface area contributed by atoms with Gasteiger partial charge in [-0.15, -0.1) is 0 Å². The topological polar surface area (TPSA) is 45.5 Å². The number of hydrogen-bond donors (Lipinski definition) is 0. The van der Waals surface area contributed by atoms with Crippen LogP contribution in [0.25, 0.3) is 0 Å². The summed E-state index contributed by atoms with van der Waals surface area (Å²) in [6, 6.07) is 5.31. The van der Waals surface area contributed by atoms with Crippen LogP contribution in [-0.2, 0) is 26.5 Å². The van der Waals surface area contributed by atoms with E-state index >= 15 is 0 Å². The van der Waals surface area contributed by atoms with E-state index in [2.05, 4.69) is 4.98 Å². The zero-order valence-corrected chi connectivity index (χ0v) is 14.3. The van der Waals surface area contributed by atoms with Crippen LogP contribution >= 0.6 is 23.2 Å². The van der Waals surface area contributed by atoms with E-state index in [1.807, 2.05) is 23.8 Å². The van der Waals surface area contributed by atoms with Gasteiger partial charge in [0.1, 0.15) is 6.10 Å². The molecule has 1 fully saturated rings. The number of halogens is 2. The lowest BCUT2D eigenvalue weighted by atomic mass is 10.1. The van der Waals surface area contributed by atoms with Crippen molar-refractivity contribution in [2.45, 2.75) is 25.4 Å². The molecular formula is C16H18Cl2N2O3. The minimum atomic E-state index is -0.982. The van der Waals surface area contributed by atoms with Crippen molar-refractivity contribution in [2.75, 3.05) is 19.8 Å². The van der Waals surface area contributed by atoms with Gasteiger partial charge in [0.25, 0.3) is 0 Å². The maximum absolute atomic E-state index is 6.39. The average Bonchev–Trinajstić information content (AvgIpc) is 3.16. The second-order valence-corrected chi connectivity index (χ2v) is 6.17. The molecule has 1 aromatic carbocycles. The number of benzene rings is 1. The average molecular weight is 357 g/mol. The second kappa shape index (κ2) is 7.20. The van der Waals surface area contributed by atoms with Gasteiger partial charge in [0.15, 0.2) is 0 Å². The summed E-state index contributed by atoms with van der Waals surface area (Å²) in [5.41, 5.74) is 0.747. The molecule has 23 heavy (non-hydrogen) atoms. The summed E-state index contributed by atoms with van der Waals surface area (Å²) in [6.07, 6.45) is 5.14. The number of imidazole rings is 1. The Hall–Kier alpha value is -1.11.